The molecule has 0 atom stereocenters. The van der Waals surface area contributed by atoms with Crippen molar-refractivity contribution in [2.75, 3.05) is 0 Å². The van der Waals surface area contributed by atoms with Crippen molar-refractivity contribution in [1.29, 1.82) is 0 Å². The quantitative estimate of drug-likeness (QED) is 0.425. The minimum absolute atomic E-state index is 1.07. The molecular weight excluding hydrogens is 300 g/mol. The second kappa shape index (κ2) is 6.16. The molecule has 0 saturated heterocycles. The van der Waals surface area contributed by atoms with Crippen LogP contribution in [-0.4, -0.2) is 0 Å². The van der Waals surface area contributed by atoms with Crippen LogP contribution in [0.1, 0.15) is 43.4 Å². The molecule has 120 valence electrons. The van der Waals surface area contributed by atoms with Crippen molar-refractivity contribution >= 4 is 33.7 Å². The van der Waals surface area contributed by atoms with E-state index in [-0.39, 0.29) is 0 Å². The lowest BCUT2D eigenvalue weighted by molar-refractivity contribution is 1.12. The van der Waals surface area contributed by atoms with Crippen molar-refractivity contribution in [3.63, 3.8) is 0 Å². The molecule has 0 fully saturated rings. The van der Waals surface area contributed by atoms with Gasteiger partial charge < -0.3 is 0 Å². The van der Waals surface area contributed by atoms with E-state index >= 15 is 0 Å². The van der Waals surface area contributed by atoms with Crippen LogP contribution in [0, 0.1) is 30.6 Å². The summed E-state index contributed by atoms with van der Waals surface area (Å²) < 4.78 is 0. The second-order valence-corrected chi connectivity index (χ2v) is 6.56. The molecule has 0 bridgehead atoms. The first-order valence-electron chi connectivity index (χ1n) is 8.79. The van der Waals surface area contributed by atoms with Gasteiger partial charge >= 0.3 is 0 Å². The summed E-state index contributed by atoms with van der Waals surface area (Å²) in [5, 5.41) is 7.48. The maximum atomic E-state index is 3.38. The van der Waals surface area contributed by atoms with Crippen LogP contribution < -0.4 is 10.4 Å². The average molecular weight is 320 g/mol. The van der Waals surface area contributed by atoms with Crippen molar-refractivity contribution in [2.45, 2.75) is 33.6 Å². The summed E-state index contributed by atoms with van der Waals surface area (Å²) in [6.07, 6.45) is 6.80. The highest BCUT2D eigenvalue weighted by molar-refractivity contribution is 6.03. The molecule has 0 heteroatoms. The molecule has 0 amide bonds. The molecule has 0 radical (unpaired) electrons. The van der Waals surface area contributed by atoms with E-state index in [0.717, 1.165) is 24.0 Å². The molecule has 3 aromatic carbocycles. The Balaban J connectivity index is 2.33. The predicted octanol–water partition coefficient (Wildman–Crippen LogP) is 4.40. The Morgan fingerprint density at radius 2 is 1.28 bits per heavy atom. The van der Waals surface area contributed by atoms with Gasteiger partial charge in [0, 0.05) is 11.1 Å². The van der Waals surface area contributed by atoms with Crippen LogP contribution in [0.4, 0.5) is 0 Å². The average Bonchev–Trinajstić information content (AvgIpc) is 2.63. The van der Waals surface area contributed by atoms with Gasteiger partial charge in [0.25, 0.3) is 0 Å². The van der Waals surface area contributed by atoms with E-state index in [1.165, 1.54) is 37.5 Å². The number of fused-ring (bicyclic) bond motifs is 3. The Labute approximate surface area is 148 Å². The first kappa shape index (κ1) is 15.6. The van der Waals surface area contributed by atoms with Gasteiger partial charge in [0.2, 0.25) is 0 Å². The number of rotatable bonds is 0. The lowest BCUT2D eigenvalue weighted by Gasteiger charge is -2.12. The molecule has 4 rings (SSSR count). The van der Waals surface area contributed by atoms with Crippen molar-refractivity contribution in [1.82, 2.24) is 0 Å². The van der Waals surface area contributed by atoms with Crippen LogP contribution in [0.15, 0.2) is 30.3 Å². The molecular formula is C25H20. The van der Waals surface area contributed by atoms with Gasteiger partial charge in [-0.25, -0.2) is 0 Å². The Morgan fingerprint density at radius 3 is 1.84 bits per heavy atom. The second-order valence-electron chi connectivity index (χ2n) is 6.56. The van der Waals surface area contributed by atoms with Gasteiger partial charge in [-0.05, 0) is 77.7 Å². The fraction of sp³-hybridized carbons (Fsp3) is 0.200. The fourth-order valence-corrected chi connectivity index (χ4v) is 3.79. The Morgan fingerprint density at radius 1 is 0.720 bits per heavy atom. The van der Waals surface area contributed by atoms with Crippen LogP contribution in [0.5, 0.6) is 0 Å². The molecule has 3 aromatic rings. The van der Waals surface area contributed by atoms with E-state index in [2.05, 4.69) is 73.1 Å². The summed E-state index contributed by atoms with van der Waals surface area (Å²) in [5.74, 6) is 13.0. The van der Waals surface area contributed by atoms with E-state index < -0.39 is 0 Å². The zero-order valence-corrected chi connectivity index (χ0v) is 15.0. The summed E-state index contributed by atoms with van der Waals surface area (Å²) in [7, 11) is 0. The van der Waals surface area contributed by atoms with Gasteiger partial charge in [0.15, 0.2) is 0 Å². The summed E-state index contributed by atoms with van der Waals surface area (Å²) in [6.45, 7) is 5.96. The summed E-state index contributed by atoms with van der Waals surface area (Å²) >= 11 is 0. The van der Waals surface area contributed by atoms with E-state index in [4.69, 9.17) is 0 Å². The Bertz CT molecular complexity index is 1260. The molecule has 0 nitrogen and oxygen atoms in total. The largest absolute Gasteiger partial charge is 0.101 e. The summed E-state index contributed by atoms with van der Waals surface area (Å²) in [6, 6.07) is 11.2. The zero-order chi connectivity index (χ0) is 17.4. The number of hydrogen-bond acceptors (Lipinski definition) is 0. The molecule has 0 unspecified atom stereocenters. The summed E-state index contributed by atoms with van der Waals surface area (Å²) in [5.41, 5.74) is 3.57. The van der Waals surface area contributed by atoms with Crippen LogP contribution in [0.25, 0.3) is 33.7 Å². The highest BCUT2D eigenvalue weighted by atomic mass is 14.1. The number of hydrogen-bond donors (Lipinski definition) is 0. The van der Waals surface area contributed by atoms with Crippen molar-refractivity contribution < 1.29 is 0 Å². The van der Waals surface area contributed by atoms with Crippen molar-refractivity contribution in [3.05, 3.63) is 57.5 Å². The van der Waals surface area contributed by atoms with Crippen LogP contribution in [0.2, 0.25) is 0 Å². The normalized spacial score (nSPS) is 12.3. The third-order valence-corrected chi connectivity index (χ3v) is 4.86. The molecule has 0 aromatic heterocycles. The minimum Gasteiger partial charge on any atom is -0.101 e. The third-order valence-electron chi connectivity index (χ3n) is 4.86. The van der Waals surface area contributed by atoms with Gasteiger partial charge in [-0.1, -0.05) is 47.8 Å². The number of benzene rings is 3. The zero-order valence-electron chi connectivity index (χ0n) is 15.0. The van der Waals surface area contributed by atoms with Gasteiger partial charge in [-0.2, -0.15) is 0 Å². The first-order valence-corrected chi connectivity index (χ1v) is 8.79. The lowest BCUT2D eigenvalue weighted by atomic mass is 9.90. The molecule has 0 N–H and O–H groups in total. The monoisotopic (exact) mass is 320 g/mol. The van der Waals surface area contributed by atoms with Crippen LogP contribution >= 0.6 is 0 Å². The van der Waals surface area contributed by atoms with Crippen LogP contribution in [0.3, 0.4) is 0 Å². The highest BCUT2D eigenvalue weighted by Crippen LogP contribution is 2.26. The minimum atomic E-state index is 1.07. The van der Waals surface area contributed by atoms with Gasteiger partial charge in [-0.3, -0.25) is 0 Å². The summed E-state index contributed by atoms with van der Waals surface area (Å²) in [4.78, 5) is 0. The van der Waals surface area contributed by atoms with Gasteiger partial charge in [0.05, 0.1) is 0 Å². The molecule has 0 heterocycles. The van der Waals surface area contributed by atoms with Gasteiger partial charge in [0.1, 0.15) is 0 Å². The predicted molar refractivity (Wildman–Crippen MR) is 109 cm³/mol. The maximum Gasteiger partial charge on any atom is 0.0399 e. The van der Waals surface area contributed by atoms with E-state index in [9.17, 15) is 0 Å². The first-order chi connectivity index (χ1) is 12.2. The highest BCUT2D eigenvalue weighted by Gasteiger charge is 2.12. The molecule has 1 aliphatic rings. The smallest absolute Gasteiger partial charge is 0.0399 e. The van der Waals surface area contributed by atoms with Crippen molar-refractivity contribution in [2.24, 2.45) is 0 Å². The maximum absolute atomic E-state index is 3.38. The standard InChI is InChI=1S/C25H20/c1-4-8-20-22-10-6-7-11-23(22)21(9-5-2)25-16-19-14-17(3)12-13-18(19)15-24(20)25/h10-16H,6-7H2,1-3H3. The lowest BCUT2D eigenvalue weighted by Crippen LogP contribution is -2.33. The molecule has 25 heavy (non-hydrogen) atoms. The fourth-order valence-electron chi connectivity index (χ4n) is 3.79. The Hall–Kier alpha value is -2.96. The third kappa shape index (κ3) is 2.52. The molecule has 0 aliphatic heterocycles. The van der Waals surface area contributed by atoms with Crippen molar-refractivity contribution in [3.8, 4) is 23.7 Å². The van der Waals surface area contributed by atoms with Gasteiger partial charge in [-0.15, -0.1) is 11.8 Å². The van der Waals surface area contributed by atoms with E-state index in [1.54, 1.807) is 0 Å². The molecule has 1 aliphatic carbocycles. The molecule has 0 spiro atoms. The number of aryl methyl sites for hydroxylation is 1. The Kier molecular flexibility index (Phi) is 3.83. The SMILES string of the molecule is CC#Cc1c2c(c(C#CC)c3cc4cc(C)ccc4cc13)=CCCC=2. The van der Waals surface area contributed by atoms with E-state index in [1.807, 2.05) is 13.8 Å². The topological polar surface area (TPSA) is 0 Å². The van der Waals surface area contributed by atoms with E-state index in [0.29, 0.717) is 0 Å². The van der Waals surface area contributed by atoms with Crippen LogP contribution in [-0.2, 0) is 0 Å². The molecule has 0 saturated carbocycles.